The molecule has 576 valence electrons. The molecule has 0 aliphatic carbocycles. The number of rotatable bonds is 8. The second-order valence-corrected chi connectivity index (χ2v) is 28.9. The van der Waals surface area contributed by atoms with Crippen LogP contribution in [0.5, 0.6) is 5.75 Å². The molecule has 6 aliphatic rings. The molecule has 0 saturated carbocycles. The maximum absolute atomic E-state index is 13.4. The quantitative estimate of drug-likeness (QED) is 0.0660. The summed E-state index contributed by atoms with van der Waals surface area (Å²) in [4.78, 5) is 127. The predicted octanol–water partition coefficient (Wildman–Crippen LogP) is 6.20. The van der Waals surface area contributed by atoms with Crippen LogP contribution in [-0.2, 0) is 91.7 Å². The van der Waals surface area contributed by atoms with Crippen LogP contribution in [0.25, 0.3) is 0 Å². The second-order valence-electron chi connectivity index (χ2n) is 26.9. The van der Waals surface area contributed by atoms with Crippen molar-refractivity contribution in [1.82, 2.24) is 49.4 Å². The number of fused-ring (bicyclic) bond motifs is 3. The predicted molar refractivity (Wildman–Crippen MR) is 388 cm³/mol. The first kappa shape index (κ1) is 88.5. The van der Waals surface area contributed by atoms with E-state index in [0.29, 0.717) is 60.4 Å². The van der Waals surface area contributed by atoms with E-state index in [4.69, 9.17) is 46.9 Å². The van der Waals surface area contributed by atoms with Gasteiger partial charge in [0.15, 0.2) is 0 Å². The normalized spacial score (nSPS) is 18.9. The molecule has 32 nitrogen and oxygen atoms in total. The number of ether oxygens (including phenoxy) is 6. The van der Waals surface area contributed by atoms with Gasteiger partial charge in [-0.25, -0.2) is 28.0 Å². The van der Waals surface area contributed by atoms with E-state index in [1.54, 1.807) is 65.6 Å². The summed E-state index contributed by atoms with van der Waals surface area (Å²) in [6.07, 6.45) is 4.19. The van der Waals surface area contributed by atoms with Crippen molar-refractivity contribution in [2.24, 2.45) is 17.8 Å². The van der Waals surface area contributed by atoms with Crippen molar-refractivity contribution in [2.75, 3.05) is 61.4 Å². The average molecular weight is 1640 g/mol. The van der Waals surface area contributed by atoms with E-state index in [2.05, 4.69) is 58.6 Å². The Hall–Kier alpha value is -9.12. The molecule has 6 atom stereocenters. The molecule has 38 heteroatoms. The van der Waals surface area contributed by atoms with Crippen LogP contribution < -0.4 is 49.3 Å². The Morgan fingerprint density at radius 3 is 1.38 bits per heavy atom. The van der Waals surface area contributed by atoms with Crippen molar-refractivity contribution in [2.45, 2.75) is 150 Å². The van der Waals surface area contributed by atoms with Gasteiger partial charge in [-0.1, -0.05) is 41.4 Å². The van der Waals surface area contributed by atoms with Crippen molar-refractivity contribution >= 4 is 128 Å². The van der Waals surface area contributed by atoms with Crippen LogP contribution in [0.3, 0.4) is 0 Å². The van der Waals surface area contributed by atoms with Gasteiger partial charge in [0.05, 0.1) is 157 Å². The molecular formula is C69H86Cl2F2ILiN14O18. The monoisotopic (exact) mass is 1640 g/mol. The van der Waals surface area contributed by atoms with E-state index >= 15 is 0 Å². The molecule has 3 unspecified atom stereocenters. The minimum absolute atomic E-state index is 0. The molecule has 107 heavy (non-hydrogen) atoms. The van der Waals surface area contributed by atoms with E-state index in [0.717, 1.165) is 21.5 Å². The standard InChI is InChI=1S/C20H21ClFN5O4.C18H26N4O5.C13H9ClFNO2.C12H18IN3O2.C6H9NO3.Li.2H2O/c1-11-8-27-17(10-25(11)20(30)24-13-3-4-15(22)14(21)6-13)16(7-23-27)26-9-12(5-18(26)28)19(29)31-2;1-11-8-22-14(10-20(11)17(25)27-18(2,3)4)13(7-19-22)21-9-12(6-15(21)23)16(24)26-5;14-11-8-9(6-7-12(11)15)16-13(17)18-10-4-2-1-3-5-10;1-8-6-16-10(9(13)5-14-16)7-15(8)11(17)18-12(2,3)4;1-10-6(9)4-2-5(8)7-3-4;;;/h3-4,6-7,11-12H,5,8-10H2,1-2H3,(H,24,30);7,11-12H,6,8-10H2,1-5H3;1-8H,(H,16,17);5,8H,6-7H2,1-4H3;4H,2-3H2,1H3,(H,7,8);;2*1H2/q;;;;;+1;;/p-1/t2*11-,12?;;8-;;;;/m00.0..../s1. The summed E-state index contributed by atoms with van der Waals surface area (Å²) in [5.74, 6) is -3.51. The molecule has 6 N–H and O–H groups in total. The summed E-state index contributed by atoms with van der Waals surface area (Å²) in [5, 5.41) is 20.6. The zero-order chi connectivity index (χ0) is 76.2. The maximum atomic E-state index is 13.4. The molecular weight excluding hydrogens is 1560 g/mol. The van der Waals surface area contributed by atoms with Crippen LogP contribution in [0, 0.1) is 33.0 Å². The van der Waals surface area contributed by atoms with Crippen LogP contribution in [0.4, 0.5) is 50.7 Å². The summed E-state index contributed by atoms with van der Waals surface area (Å²) >= 11 is 13.6. The van der Waals surface area contributed by atoms with Crippen molar-refractivity contribution in [3.8, 4) is 5.75 Å². The van der Waals surface area contributed by atoms with Gasteiger partial charge in [-0.2, -0.15) is 15.3 Å². The Labute approximate surface area is 651 Å². The number of hydrogen-bond donors (Lipinski definition) is 3. The number of para-hydroxylation sites is 1. The molecule has 3 fully saturated rings. The van der Waals surface area contributed by atoms with Gasteiger partial charge in [0.25, 0.3) is 0 Å². The number of amides is 8. The smallest absolute Gasteiger partial charge is 0.870 e. The topological polar surface area (TPSA) is 393 Å². The Bertz CT molecular complexity index is 4180. The van der Waals surface area contributed by atoms with Gasteiger partial charge in [-0.05, 0) is 133 Å². The van der Waals surface area contributed by atoms with Gasteiger partial charge in [-0.15, -0.1) is 0 Å². The van der Waals surface area contributed by atoms with E-state index in [1.165, 1.54) is 62.6 Å². The fourth-order valence-corrected chi connectivity index (χ4v) is 12.5. The maximum Gasteiger partial charge on any atom is 1.00 e. The van der Waals surface area contributed by atoms with Crippen LogP contribution >= 0.6 is 45.8 Å². The largest absolute Gasteiger partial charge is 1.00 e. The molecule has 0 bridgehead atoms. The Balaban J connectivity index is 0.000000248. The Kier molecular flexibility index (Phi) is 31.9. The fraction of sp³-hybridized carbons (Fsp3) is 0.464. The van der Waals surface area contributed by atoms with E-state index in [1.807, 2.05) is 79.3 Å². The van der Waals surface area contributed by atoms with Crippen molar-refractivity contribution in [3.05, 3.63) is 128 Å². The summed E-state index contributed by atoms with van der Waals surface area (Å²) in [5.41, 5.74) is 3.44. The zero-order valence-corrected chi connectivity index (χ0v) is 65.0. The molecule has 0 spiro atoms. The number of carbonyl (C=O) groups is 10. The molecule has 6 aliphatic heterocycles. The first-order chi connectivity index (χ1) is 49.0. The summed E-state index contributed by atoms with van der Waals surface area (Å²) < 4.78 is 62.8. The fourth-order valence-electron chi connectivity index (χ4n) is 11.5. The second kappa shape index (κ2) is 38.6. The number of hydrogen-bond acceptors (Lipinski definition) is 20. The summed E-state index contributed by atoms with van der Waals surface area (Å²) in [6.45, 7) is 20.6. The van der Waals surface area contributed by atoms with E-state index in [9.17, 15) is 56.7 Å². The Morgan fingerprint density at radius 1 is 0.561 bits per heavy atom. The van der Waals surface area contributed by atoms with Crippen LogP contribution in [-0.4, -0.2) is 185 Å². The minimum Gasteiger partial charge on any atom is -0.870 e. The number of carbonyl (C=O) groups excluding carboxylic acids is 10. The van der Waals surface area contributed by atoms with Crippen LogP contribution in [0.1, 0.15) is 98.7 Å². The molecule has 0 radical (unpaired) electrons. The van der Waals surface area contributed by atoms with Gasteiger partial charge in [0.1, 0.15) is 28.6 Å². The van der Waals surface area contributed by atoms with Crippen molar-refractivity contribution < 1.29 is 115 Å². The number of esters is 3. The number of nitrogens with zero attached hydrogens (tertiary/aromatic N) is 11. The van der Waals surface area contributed by atoms with Crippen molar-refractivity contribution in [1.29, 1.82) is 0 Å². The third-order valence-corrected chi connectivity index (χ3v) is 18.3. The van der Waals surface area contributed by atoms with Crippen LogP contribution in [0.2, 0.25) is 10.0 Å². The molecule has 3 aromatic carbocycles. The van der Waals surface area contributed by atoms with Gasteiger partial charge in [-0.3, -0.25) is 57.9 Å². The number of anilines is 4. The molecule has 9 heterocycles. The number of halogens is 5. The average Bonchev–Trinajstić information content (AvgIpc) is 1.64. The number of methoxy groups -OCH3 is 3. The first-order valence-electron chi connectivity index (χ1n) is 33.0. The number of aromatic nitrogens is 6. The Morgan fingerprint density at radius 2 is 0.963 bits per heavy atom. The molecule has 12 rings (SSSR count). The third-order valence-electron chi connectivity index (χ3n) is 16.8. The number of urea groups is 1. The van der Waals surface area contributed by atoms with E-state index in [-0.39, 0.29) is 145 Å². The van der Waals surface area contributed by atoms with Crippen molar-refractivity contribution in [3.63, 3.8) is 0 Å². The molecule has 3 saturated heterocycles. The number of benzene rings is 3. The van der Waals surface area contributed by atoms with Gasteiger partial charge < -0.3 is 64.7 Å². The molecule has 6 aromatic rings. The summed E-state index contributed by atoms with van der Waals surface area (Å²) in [7, 11) is 3.94. The van der Waals surface area contributed by atoms with Gasteiger partial charge in [0, 0.05) is 50.3 Å². The third kappa shape index (κ3) is 23.4. The molecule has 8 amide bonds. The summed E-state index contributed by atoms with van der Waals surface area (Å²) in [6, 6.07) is 15.9. The van der Waals surface area contributed by atoms with Gasteiger partial charge >= 0.3 is 61.1 Å². The first-order valence-corrected chi connectivity index (χ1v) is 34.8. The SMILES string of the molecule is COC(=O)C1CC(=O)N(c2cnn3c2CN(C(=O)Nc2ccc(F)c(Cl)c2)[C@@H](C)C3)C1.COC(=O)C1CC(=O)N(c2cnn3c2CN(C(=O)OC(C)(C)C)[C@@H](C)C3)C1.COC(=O)C1CNC(=O)C1.C[C@H]1Cn2ncc(I)c2CN1C(=O)OC(C)(C)C.O.O=C(Nc1ccc(F)c(Cl)c1)Oc1ccccc1.[Li+].[OH-]. The van der Waals surface area contributed by atoms with Gasteiger partial charge in [0.2, 0.25) is 17.7 Å². The number of nitrogens with one attached hydrogen (secondary N) is 3. The zero-order valence-electron chi connectivity index (χ0n) is 61.3. The molecule has 3 aromatic heterocycles. The van der Waals surface area contributed by atoms with Crippen LogP contribution in [0.15, 0.2) is 85.3 Å². The minimum atomic E-state index is -0.663. The van der Waals surface area contributed by atoms with E-state index < -0.39 is 58.8 Å².